The molecule has 1 N–H and O–H groups in total. The molecule has 0 spiro atoms. The summed E-state index contributed by atoms with van der Waals surface area (Å²) in [6.07, 6.45) is 1.86. The van der Waals surface area contributed by atoms with Crippen LogP contribution in [0, 0.1) is 13.8 Å². The minimum absolute atomic E-state index is 0.0248. The van der Waals surface area contributed by atoms with Crippen LogP contribution in [-0.2, 0) is 14.8 Å². The van der Waals surface area contributed by atoms with Gasteiger partial charge in [0.1, 0.15) is 16.6 Å². The fourth-order valence-corrected chi connectivity index (χ4v) is 5.46. The van der Waals surface area contributed by atoms with Gasteiger partial charge in [-0.3, -0.25) is 4.79 Å². The molecule has 1 aromatic heterocycles. The predicted molar refractivity (Wildman–Crippen MR) is 103 cm³/mol. The van der Waals surface area contributed by atoms with Crippen LogP contribution in [0.25, 0.3) is 0 Å². The fraction of sp³-hybridized carbons (Fsp3) is 0.412. The number of aryl methyl sites for hydroxylation is 2. The third-order valence-electron chi connectivity index (χ3n) is 4.48. The van der Waals surface area contributed by atoms with Crippen LogP contribution in [0.1, 0.15) is 30.7 Å². The van der Waals surface area contributed by atoms with Crippen LogP contribution in [0.3, 0.4) is 0 Å². The van der Waals surface area contributed by atoms with Gasteiger partial charge in [-0.15, -0.1) is 0 Å². The average molecular weight is 432 g/mol. The highest BCUT2D eigenvalue weighted by molar-refractivity contribution is 7.89. The van der Waals surface area contributed by atoms with Gasteiger partial charge in [-0.2, -0.15) is 4.31 Å². The van der Waals surface area contributed by atoms with E-state index < -0.39 is 22.0 Å². The third-order valence-corrected chi connectivity index (χ3v) is 7.37. The lowest BCUT2D eigenvalue weighted by Crippen LogP contribution is -2.50. The number of sulfonamides is 1. The smallest absolute Gasteiger partial charge is 0.249 e. The Morgan fingerprint density at radius 1 is 1.26 bits per heavy atom. The average Bonchev–Trinajstić information content (AvgIpc) is 2.97. The van der Waals surface area contributed by atoms with Gasteiger partial charge in [-0.25, -0.2) is 8.42 Å². The Balaban J connectivity index is 1.89. The second-order valence-electron chi connectivity index (χ2n) is 6.40. The number of aromatic nitrogens is 1. The highest BCUT2D eigenvalue weighted by Gasteiger charge is 2.40. The molecule has 27 heavy (non-hydrogen) atoms. The minimum Gasteiger partial charge on any atom is -0.360 e. The lowest BCUT2D eigenvalue weighted by molar-refractivity contribution is -0.120. The van der Waals surface area contributed by atoms with E-state index in [0.29, 0.717) is 28.6 Å². The van der Waals surface area contributed by atoms with Crippen molar-refractivity contribution >= 4 is 44.8 Å². The summed E-state index contributed by atoms with van der Waals surface area (Å²) < 4.78 is 32.6. The van der Waals surface area contributed by atoms with Gasteiger partial charge in [-0.05, 0) is 44.9 Å². The van der Waals surface area contributed by atoms with Crippen molar-refractivity contribution in [3.05, 3.63) is 39.7 Å². The summed E-state index contributed by atoms with van der Waals surface area (Å²) in [7, 11) is -3.91. The molecule has 1 fully saturated rings. The summed E-state index contributed by atoms with van der Waals surface area (Å²) in [4.78, 5) is 12.9. The number of benzene rings is 1. The molecule has 2 heterocycles. The van der Waals surface area contributed by atoms with Gasteiger partial charge in [-0.1, -0.05) is 34.8 Å². The summed E-state index contributed by atoms with van der Waals surface area (Å²) in [6.45, 7) is 3.37. The van der Waals surface area contributed by atoms with Crippen LogP contribution in [0.5, 0.6) is 0 Å². The lowest BCUT2D eigenvalue weighted by Gasteiger charge is -2.33. The van der Waals surface area contributed by atoms with Crippen LogP contribution in [0.4, 0.5) is 5.69 Å². The summed E-state index contributed by atoms with van der Waals surface area (Å²) in [5.41, 5.74) is 0.733. The first-order chi connectivity index (χ1) is 12.7. The zero-order chi connectivity index (χ0) is 19.8. The van der Waals surface area contributed by atoms with E-state index in [-0.39, 0.29) is 22.9 Å². The Hall–Kier alpha value is -1.61. The molecule has 0 aliphatic carbocycles. The topological polar surface area (TPSA) is 92.5 Å². The van der Waals surface area contributed by atoms with Crippen LogP contribution in [0.2, 0.25) is 10.0 Å². The number of carbonyl (C=O) groups is 1. The van der Waals surface area contributed by atoms with E-state index >= 15 is 0 Å². The summed E-state index contributed by atoms with van der Waals surface area (Å²) in [5.74, 6) is -0.204. The van der Waals surface area contributed by atoms with E-state index in [1.165, 1.54) is 10.4 Å². The zero-order valence-electron chi connectivity index (χ0n) is 14.8. The standard InChI is InChI=1S/C17H19Cl2N3O4S/c1-10-16(11(2)26-21-10)27(24,25)22-8-4-3-5-15(22)17(23)20-12-6-7-13(18)14(19)9-12/h6-7,9,15H,3-5,8H2,1-2H3,(H,20,23)/t15-/m0/s1. The molecular weight excluding hydrogens is 413 g/mol. The Kier molecular flexibility index (Phi) is 5.81. The molecule has 1 atom stereocenters. The van der Waals surface area contributed by atoms with Gasteiger partial charge in [0, 0.05) is 12.2 Å². The van der Waals surface area contributed by atoms with E-state index in [4.69, 9.17) is 27.7 Å². The number of carbonyl (C=O) groups excluding carboxylic acids is 1. The number of nitrogens with zero attached hydrogens (tertiary/aromatic N) is 2. The zero-order valence-corrected chi connectivity index (χ0v) is 17.2. The van der Waals surface area contributed by atoms with Crippen LogP contribution < -0.4 is 5.32 Å². The molecule has 0 radical (unpaired) electrons. The molecule has 1 aliphatic rings. The van der Waals surface area contributed by atoms with Gasteiger partial charge in [0.2, 0.25) is 15.9 Å². The molecule has 3 rings (SSSR count). The van der Waals surface area contributed by atoms with E-state index in [2.05, 4.69) is 10.5 Å². The normalized spacial score (nSPS) is 18.4. The largest absolute Gasteiger partial charge is 0.360 e. The molecule has 146 valence electrons. The Bertz CT molecular complexity index is 955. The summed E-state index contributed by atoms with van der Waals surface area (Å²) in [6, 6.07) is 3.88. The highest BCUT2D eigenvalue weighted by Crippen LogP contribution is 2.30. The van der Waals surface area contributed by atoms with E-state index in [1.54, 1.807) is 26.0 Å². The van der Waals surface area contributed by atoms with Crippen molar-refractivity contribution in [3.8, 4) is 0 Å². The quantitative estimate of drug-likeness (QED) is 0.794. The van der Waals surface area contributed by atoms with Crippen LogP contribution in [-0.4, -0.2) is 36.4 Å². The summed E-state index contributed by atoms with van der Waals surface area (Å²) >= 11 is 11.9. The Labute approximate surface area is 167 Å². The molecular formula is C17H19Cl2N3O4S. The van der Waals surface area contributed by atoms with E-state index in [0.717, 1.165) is 6.42 Å². The number of hydrogen-bond acceptors (Lipinski definition) is 5. The maximum atomic E-state index is 13.2. The maximum Gasteiger partial charge on any atom is 0.249 e. The van der Waals surface area contributed by atoms with Crippen molar-refractivity contribution in [2.75, 3.05) is 11.9 Å². The number of amides is 1. The number of anilines is 1. The third kappa shape index (κ3) is 3.99. The predicted octanol–water partition coefficient (Wildman–Crippen LogP) is 3.78. The number of piperidine rings is 1. The number of hydrogen-bond donors (Lipinski definition) is 1. The van der Waals surface area contributed by atoms with Crippen molar-refractivity contribution in [2.24, 2.45) is 0 Å². The van der Waals surface area contributed by atoms with Crippen molar-refractivity contribution < 1.29 is 17.7 Å². The van der Waals surface area contributed by atoms with Crippen molar-refractivity contribution in [1.82, 2.24) is 9.46 Å². The van der Waals surface area contributed by atoms with Crippen molar-refractivity contribution in [1.29, 1.82) is 0 Å². The Morgan fingerprint density at radius 2 is 2.00 bits per heavy atom. The molecule has 0 bridgehead atoms. The lowest BCUT2D eigenvalue weighted by atomic mass is 10.0. The molecule has 7 nitrogen and oxygen atoms in total. The molecule has 10 heteroatoms. The number of nitrogens with one attached hydrogen (secondary N) is 1. The summed E-state index contributed by atoms with van der Waals surface area (Å²) in [5, 5.41) is 7.13. The first-order valence-electron chi connectivity index (χ1n) is 8.42. The molecule has 0 unspecified atom stereocenters. The SMILES string of the molecule is Cc1noc(C)c1S(=O)(=O)N1CCCC[C@H]1C(=O)Nc1ccc(Cl)c(Cl)c1. The van der Waals surface area contributed by atoms with Crippen molar-refractivity contribution in [3.63, 3.8) is 0 Å². The number of halogens is 2. The molecule has 1 aliphatic heterocycles. The van der Waals surface area contributed by atoms with Gasteiger partial charge >= 0.3 is 0 Å². The number of rotatable bonds is 4. The molecule has 1 amide bonds. The van der Waals surface area contributed by atoms with Crippen LogP contribution in [0.15, 0.2) is 27.6 Å². The Morgan fingerprint density at radius 3 is 2.63 bits per heavy atom. The highest BCUT2D eigenvalue weighted by atomic mass is 35.5. The van der Waals surface area contributed by atoms with Gasteiger partial charge in [0.15, 0.2) is 5.76 Å². The second kappa shape index (κ2) is 7.79. The maximum absolute atomic E-state index is 13.2. The van der Waals surface area contributed by atoms with E-state index in [9.17, 15) is 13.2 Å². The van der Waals surface area contributed by atoms with Crippen molar-refractivity contribution in [2.45, 2.75) is 44.0 Å². The first kappa shape index (κ1) is 20.1. The monoisotopic (exact) mass is 431 g/mol. The second-order valence-corrected chi connectivity index (χ2v) is 9.04. The van der Waals surface area contributed by atoms with Gasteiger partial charge in [0.05, 0.1) is 10.0 Å². The molecule has 1 saturated heterocycles. The van der Waals surface area contributed by atoms with E-state index in [1.807, 2.05) is 0 Å². The van der Waals surface area contributed by atoms with Gasteiger partial charge < -0.3 is 9.84 Å². The minimum atomic E-state index is -3.91. The van der Waals surface area contributed by atoms with Crippen LogP contribution >= 0.6 is 23.2 Å². The first-order valence-corrected chi connectivity index (χ1v) is 10.6. The van der Waals surface area contributed by atoms with Gasteiger partial charge in [0.25, 0.3) is 0 Å². The molecule has 0 saturated carbocycles. The fourth-order valence-electron chi connectivity index (χ4n) is 3.21. The molecule has 1 aromatic carbocycles. The molecule has 2 aromatic rings.